The molecule has 0 bridgehead atoms. The number of rotatable bonds is 3. The summed E-state index contributed by atoms with van der Waals surface area (Å²) < 4.78 is 0. The molecular formula is C9H10N2OS. The number of aryl methyl sites for hydroxylation is 1. The van der Waals surface area contributed by atoms with Crippen molar-refractivity contribution in [1.82, 2.24) is 10.3 Å². The molecule has 1 heterocycles. The van der Waals surface area contributed by atoms with Crippen LogP contribution in [-0.4, -0.2) is 17.4 Å². The Kier molecular flexibility index (Phi) is 3.47. The normalized spacial score (nSPS) is 9.23. The number of terminal acetylenes is 1. The van der Waals surface area contributed by atoms with Crippen LogP contribution in [0.4, 0.5) is 0 Å². The molecule has 3 nitrogen and oxygen atoms in total. The fourth-order valence-electron chi connectivity index (χ4n) is 0.848. The number of nitrogens with one attached hydrogen (secondary N) is 1. The van der Waals surface area contributed by atoms with E-state index in [2.05, 4.69) is 16.2 Å². The molecule has 0 saturated heterocycles. The van der Waals surface area contributed by atoms with Gasteiger partial charge < -0.3 is 5.32 Å². The number of thiazole rings is 1. The fourth-order valence-corrected chi connectivity index (χ4v) is 1.57. The van der Waals surface area contributed by atoms with Gasteiger partial charge in [-0.2, -0.15) is 0 Å². The molecule has 0 saturated carbocycles. The van der Waals surface area contributed by atoms with Crippen molar-refractivity contribution in [1.29, 1.82) is 0 Å². The first-order chi connectivity index (χ1) is 6.25. The first kappa shape index (κ1) is 9.75. The Bertz CT molecular complexity index is 338. The quantitative estimate of drug-likeness (QED) is 0.580. The Labute approximate surface area is 81.2 Å². The van der Waals surface area contributed by atoms with Gasteiger partial charge in [0.15, 0.2) is 0 Å². The summed E-state index contributed by atoms with van der Waals surface area (Å²) in [5.41, 5.74) is 2.43. The molecule has 0 aliphatic carbocycles. The Morgan fingerprint density at radius 1 is 1.85 bits per heavy atom. The van der Waals surface area contributed by atoms with Gasteiger partial charge in [-0.3, -0.25) is 4.79 Å². The van der Waals surface area contributed by atoms with Crippen molar-refractivity contribution >= 4 is 17.2 Å². The van der Waals surface area contributed by atoms with E-state index in [1.54, 1.807) is 5.51 Å². The van der Waals surface area contributed by atoms with Crippen LogP contribution in [0.1, 0.15) is 21.8 Å². The minimum atomic E-state index is -0.0877. The van der Waals surface area contributed by atoms with Gasteiger partial charge in [-0.25, -0.2) is 4.98 Å². The van der Waals surface area contributed by atoms with Crippen molar-refractivity contribution < 1.29 is 4.79 Å². The molecule has 1 rings (SSSR count). The lowest BCUT2D eigenvalue weighted by Gasteiger charge is -1.99. The summed E-state index contributed by atoms with van der Waals surface area (Å²) in [7, 11) is 0. The summed E-state index contributed by atoms with van der Waals surface area (Å²) in [6.07, 6.45) is 5.61. The van der Waals surface area contributed by atoms with Crippen molar-refractivity contribution in [3.63, 3.8) is 0 Å². The highest BCUT2D eigenvalue weighted by atomic mass is 32.1. The van der Waals surface area contributed by atoms with E-state index < -0.39 is 0 Å². The van der Waals surface area contributed by atoms with Crippen molar-refractivity contribution in [3.05, 3.63) is 16.1 Å². The number of carbonyl (C=O) groups excluding carboxylic acids is 1. The Morgan fingerprint density at radius 3 is 3.15 bits per heavy atom. The molecule has 0 aromatic carbocycles. The van der Waals surface area contributed by atoms with Gasteiger partial charge in [-0.05, 0) is 6.92 Å². The molecular weight excluding hydrogens is 184 g/mol. The molecule has 13 heavy (non-hydrogen) atoms. The lowest BCUT2D eigenvalue weighted by atomic mass is 10.3. The second-order valence-electron chi connectivity index (χ2n) is 2.48. The maximum Gasteiger partial charge on any atom is 0.263 e. The predicted octanol–water partition coefficient (Wildman–Crippen LogP) is 1.20. The SMILES string of the molecule is C#CCCNC(=O)c1scnc1C. The summed E-state index contributed by atoms with van der Waals surface area (Å²) in [6.45, 7) is 2.33. The molecule has 1 aromatic heterocycles. The van der Waals surface area contributed by atoms with E-state index in [0.717, 1.165) is 5.69 Å². The highest BCUT2D eigenvalue weighted by molar-refractivity contribution is 7.11. The van der Waals surface area contributed by atoms with E-state index >= 15 is 0 Å². The van der Waals surface area contributed by atoms with Crippen LogP contribution in [0.25, 0.3) is 0 Å². The van der Waals surface area contributed by atoms with Gasteiger partial charge in [0.25, 0.3) is 5.91 Å². The monoisotopic (exact) mass is 194 g/mol. The van der Waals surface area contributed by atoms with Crippen molar-refractivity contribution in [2.45, 2.75) is 13.3 Å². The molecule has 0 radical (unpaired) electrons. The van der Waals surface area contributed by atoms with E-state index in [1.807, 2.05) is 6.92 Å². The van der Waals surface area contributed by atoms with Gasteiger partial charge in [0, 0.05) is 13.0 Å². The number of amides is 1. The molecule has 1 N–H and O–H groups in total. The van der Waals surface area contributed by atoms with Crippen LogP contribution in [0.3, 0.4) is 0 Å². The van der Waals surface area contributed by atoms with Crippen LogP contribution in [0, 0.1) is 19.3 Å². The van der Waals surface area contributed by atoms with Crippen LogP contribution < -0.4 is 5.32 Å². The molecule has 0 aliphatic rings. The molecule has 0 fully saturated rings. The minimum Gasteiger partial charge on any atom is -0.350 e. The number of nitrogens with zero attached hydrogens (tertiary/aromatic N) is 1. The zero-order valence-corrected chi connectivity index (χ0v) is 8.15. The van der Waals surface area contributed by atoms with Crippen LogP contribution in [-0.2, 0) is 0 Å². The highest BCUT2D eigenvalue weighted by Gasteiger charge is 2.09. The third-order valence-corrected chi connectivity index (χ3v) is 2.43. The molecule has 0 unspecified atom stereocenters. The largest absolute Gasteiger partial charge is 0.350 e. The number of hydrogen-bond donors (Lipinski definition) is 1. The van der Waals surface area contributed by atoms with Crippen molar-refractivity contribution in [3.8, 4) is 12.3 Å². The van der Waals surface area contributed by atoms with Crippen LogP contribution in [0.2, 0.25) is 0 Å². The number of hydrogen-bond acceptors (Lipinski definition) is 3. The van der Waals surface area contributed by atoms with E-state index in [4.69, 9.17) is 6.42 Å². The van der Waals surface area contributed by atoms with Crippen LogP contribution in [0.15, 0.2) is 5.51 Å². The summed E-state index contributed by atoms with van der Waals surface area (Å²) in [5, 5.41) is 2.72. The van der Waals surface area contributed by atoms with Crippen LogP contribution >= 0.6 is 11.3 Å². The summed E-state index contributed by atoms with van der Waals surface area (Å²) in [5.74, 6) is 2.37. The predicted molar refractivity (Wildman–Crippen MR) is 52.6 cm³/mol. The van der Waals surface area contributed by atoms with Gasteiger partial charge in [0.2, 0.25) is 0 Å². The van der Waals surface area contributed by atoms with Gasteiger partial charge >= 0.3 is 0 Å². The molecule has 68 valence electrons. The summed E-state index contributed by atoms with van der Waals surface area (Å²) in [6, 6.07) is 0. The van der Waals surface area contributed by atoms with Crippen LogP contribution in [0.5, 0.6) is 0 Å². The third-order valence-electron chi connectivity index (χ3n) is 1.51. The van der Waals surface area contributed by atoms with E-state index in [1.165, 1.54) is 11.3 Å². The average molecular weight is 194 g/mol. The highest BCUT2D eigenvalue weighted by Crippen LogP contribution is 2.11. The van der Waals surface area contributed by atoms with Gasteiger partial charge in [-0.1, -0.05) is 0 Å². The van der Waals surface area contributed by atoms with Gasteiger partial charge in [0.05, 0.1) is 11.2 Å². The van der Waals surface area contributed by atoms with Gasteiger partial charge in [-0.15, -0.1) is 23.7 Å². The van der Waals surface area contributed by atoms with Gasteiger partial charge in [0.1, 0.15) is 4.88 Å². The second-order valence-corrected chi connectivity index (χ2v) is 3.33. The fraction of sp³-hybridized carbons (Fsp3) is 0.333. The molecule has 1 amide bonds. The van der Waals surface area contributed by atoms with Crippen molar-refractivity contribution in [2.24, 2.45) is 0 Å². The standard InChI is InChI=1S/C9H10N2OS/c1-3-4-5-10-9(12)8-7(2)11-6-13-8/h1,6H,4-5H2,2H3,(H,10,12). The zero-order valence-electron chi connectivity index (χ0n) is 7.33. The topological polar surface area (TPSA) is 42.0 Å². The van der Waals surface area contributed by atoms with E-state index in [9.17, 15) is 4.79 Å². The molecule has 4 heteroatoms. The maximum atomic E-state index is 11.4. The molecule has 0 aliphatic heterocycles. The third kappa shape index (κ3) is 2.56. The number of carbonyl (C=O) groups is 1. The Balaban J connectivity index is 2.50. The minimum absolute atomic E-state index is 0.0877. The lowest BCUT2D eigenvalue weighted by Crippen LogP contribution is -2.23. The van der Waals surface area contributed by atoms with E-state index in [-0.39, 0.29) is 5.91 Å². The first-order valence-electron chi connectivity index (χ1n) is 3.87. The van der Waals surface area contributed by atoms with Crippen molar-refractivity contribution in [2.75, 3.05) is 6.54 Å². The average Bonchev–Trinajstić information content (AvgIpc) is 2.52. The smallest absolute Gasteiger partial charge is 0.263 e. The lowest BCUT2D eigenvalue weighted by molar-refractivity contribution is 0.0958. The summed E-state index contributed by atoms with van der Waals surface area (Å²) in [4.78, 5) is 16.0. The maximum absolute atomic E-state index is 11.4. The second kappa shape index (κ2) is 4.63. The van der Waals surface area contributed by atoms with E-state index in [0.29, 0.717) is 17.8 Å². The summed E-state index contributed by atoms with van der Waals surface area (Å²) >= 11 is 1.34. The Morgan fingerprint density at radius 2 is 2.62 bits per heavy atom. The first-order valence-corrected chi connectivity index (χ1v) is 4.75. The zero-order chi connectivity index (χ0) is 9.68. The number of aromatic nitrogens is 1. The molecule has 1 aromatic rings. The molecule has 0 spiro atoms. The Hall–Kier alpha value is -1.34. The molecule has 0 atom stereocenters.